The predicted octanol–water partition coefficient (Wildman–Crippen LogP) is 1.59. The molecule has 1 aliphatic heterocycles. The van der Waals surface area contributed by atoms with Crippen LogP contribution >= 0.6 is 0 Å². The van der Waals surface area contributed by atoms with Crippen molar-refractivity contribution in [2.24, 2.45) is 11.3 Å². The number of rotatable bonds is 7. The molecule has 0 radical (unpaired) electrons. The molecule has 0 bridgehead atoms. The minimum absolute atomic E-state index is 0.348. The molecule has 0 aromatic heterocycles. The summed E-state index contributed by atoms with van der Waals surface area (Å²) >= 11 is 0. The first-order valence-corrected chi connectivity index (χ1v) is 6.49. The Morgan fingerprint density at radius 2 is 2.19 bits per heavy atom. The molecular formula is C13H28N2O. The molecule has 96 valence electrons. The van der Waals surface area contributed by atoms with Crippen molar-refractivity contribution in [2.45, 2.75) is 26.7 Å². The van der Waals surface area contributed by atoms with Gasteiger partial charge in [0.1, 0.15) is 0 Å². The van der Waals surface area contributed by atoms with Crippen molar-refractivity contribution >= 4 is 0 Å². The molecule has 0 amide bonds. The third kappa shape index (κ3) is 4.40. The van der Waals surface area contributed by atoms with Gasteiger partial charge in [0.15, 0.2) is 0 Å². The smallest absolute Gasteiger partial charge is 0.0547 e. The molecule has 1 aliphatic rings. The Hall–Kier alpha value is -0.120. The van der Waals surface area contributed by atoms with E-state index in [1.165, 1.54) is 19.4 Å². The van der Waals surface area contributed by atoms with Gasteiger partial charge in [0.05, 0.1) is 6.61 Å². The molecule has 0 aromatic carbocycles. The van der Waals surface area contributed by atoms with E-state index in [2.05, 4.69) is 31.1 Å². The second-order valence-corrected chi connectivity index (χ2v) is 5.75. The molecule has 3 heteroatoms. The number of hydrogen-bond donors (Lipinski definition) is 1. The first-order valence-electron chi connectivity index (χ1n) is 6.49. The maximum atomic E-state index is 5.57. The van der Waals surface area contributed by atoms with E-state index >= 15 is 0 Å². The number of hydrogen-bond acceptors (Lipinski definition) is 3. The number of nitrogens with one attached hydrogen (secondary N) is 1. The van der Waals surface area contributed by atoms with Crippen LogP contribution in [0.1, 0.15) is 26.7 Å². The maximum absolute atomic E-state index is 5.57. The zero-order chi connectivity index (χ0) is 12.0. The molecule has 16 heavy (non-hydrogen) atoms. The van der Waals surface area contributed by atoms with Gasteiger partial charge in [-0.1, -0.05) is 13.8 Å². The van der Waals surface area contributed by atoms with Gasteiger partial charge in [0.2, 0.25) is 0 Å². The van der Waals surface area contributed by atoms with Crippen LogP contribution in [0.25, 0.3) is 0 Å². The molecule has 0 saturated carbocycles. The summed E-state index contributed by atoms with van der Waals surface area (Å²) in [5.41, 5.74) is 0.348. The van der Waals surface area contributed by atoms with Crippen molar-refractivity contribution in [2.75, 3.05) is 46.9 Å². The van der Waals surface area contributed by atoms with Crippen LogP contribution in [0, 0.1) is 11.3 Å². The normalized spacial score (nSPS) is 25.9. The van der Waals surface area contributed by atoms with Gasteiger partial charge in [-0.2, -0.15) is 0 Å². The van der Waals surface area contributed by atoms with Gasteiger partial charge >= 0.3 is 0 Å². The van der Waals surface area contributed by atoms with Gasteiger partial charge in [-0.3, -0.25) is 0 Å². The van der Waals surface area contributed by atoms with Gasteiger partial charge in [-0.15, -0.1) is 0 Å². The fraction of sp³-hybridized carbons (Fsp3) is 1.00. The highest BCUT2D eigenvalue weighted by molar-refractivity contribution is 4.87. The summed E-state index contributed by atoms with van der Waals surface area (Å²) in [7, 11) is 4.27. The highest BCUT2D eigenvalue weighted by Gasteiger charge is 2.35. The molecular weight excluding hydrogens is 200 g/mol. The summed E-state index contributed by atoms with van der Waals surface area (Å²) in [6.45, 7) is 9.84. The van der Waals surface area contributed by atoms with Crippen LogP contribution in [-0.4, -0.2) is 51.8 Å². The molecule has 3 nitrogen and oxygen atoms in total. The fourth-order valence-corrected chi connectivity index (χ4v) is 2.47. The molecule has 1 saturated heterocycles. The zero-order valence-electron chi connectivity index (χ0n) is 11.4. The predicted molar refractivity (Wildman–Crippen MR) is 68.7 cm³/mol. The topological polar surface area (TPSA) is 24.5 Å². The Balaban J connectivity index is 2.36. The second-order valence-electron chi connectivity index (χ2n) is 5.75. The molecule has 1 rings (SSSR count). The van der Waals surface area contributed by atoms with E-state index in [1.54, 1.807) is 0 Å². The monoisotopic (exact) mass is 228 g/mol. The summed E-state index contributed by atoms with van der Waals surface area (Å²) < 4.78 is 5.57. The van der Waals surface area contributed by atoms with Crippen LogP contribution < -0.4 is 5.32 Å². The first kappa shape index (κ1) is 13.9. The average Bonchev–Trinajstić information content (AvgIpc) is 2.64. The Labute approximate surface area is 101 Å². The van der Waals surface area contributed by atoms with Crippen LogP contribution in [0.5, 0.6) is 0 Å². The quantitative estimate of drug-likeness (QED) is 0.716. The summed E-state index contributed by atoms with van der Waals surface area (Å²) in [5.74, 6) is 0.794. The van der Waals surface area contributed by atoms with Crippen molar-refractivity contribution in [3.05, 3.63) is 0 Å². The zero-order valence-corrected chi connectivity index (χ0v) is 11.4. The van der Waals surface area contributed by atoms with E-state index in [0.29, 0.717) is 5.41 Å². The molecule has 0 aliphatic carbocycles. The first-order chi connectivity index (χ1) is 7.58. The summed E-state index contributed by atoms with van der Waals surface area (Å²) in [6.07, 6.45) is 2.48. The lowest BCUT2D eigenvalue weighted by Crippen LogP contribution is -2.43. The van der Waals surface area contributed by atoms with E-state index in [4.69, 9.17) is 4.74 Å². The highest BCUT2D eigenvalue weighted by Crippen LogP contribution is 2.28. The van der Waals surface area contributed by atoms with Crippen molar-refractivity contribution in [3.8, 4) is 0 Å². The lowest BCUT2D eigenvalue weighted by atomic mass is 9.86. The molecule has 1 unspecified atom stereocenters. The molecule has 1 fully saturated rings. The van der Waals surface area contributed by atoms with Crippen molar-refractivity contribution in [1.82, 2.24) is 10.2 Å². The summed E-state index contributed by atoms with van der Waals surface area (Å²) in [6, 6.07) is 0. The largest absolute Gasteiger partial charge is 0.381 e. The van der Waals surface area contributed by atoms with E-state index in [-0.39, 0.29) is 0 Å². The minimum atomic E-state index is 0.348. The molecule has 1 heterocycles. The van der Waals surface area contributed by atoms with Crippen LogP contribution in [0.2, 0.25) is 0 Å². The van der Waals surface area contributed by atoms with Crippen LogP contribution in [0.3, 0.4) is 0 Å². The Morgan fingerprint density at radius 3 is 2.69 bits per heavy atom. The van der Waals surface area contributed by atoms with E-state index in [9.17, 15) is 0 Å². The van der Waals surface area contributed by atoms with Gasteiger partial charge in [-0.05, 0) is 39.4 Å². The summed E-state index contributed by atoms with van der Waals surface area (Å²) in [4.78, 5) is 2.46. The standard InChI is InChI=1S/C13H28N2O/c1-12(2)5-7-15(4)10-13(9-14-3)6-8-16-11-13/h12,14H,5-11H2,1-4H3. The van der Waals surface area contributed by atoms with E-state index < -0.39 is 0 Å². The van der Waals surface area contributed by atoms with Crippen molar-refractivity contribution in [3.63, 3.8) is 0 Å². The lowest BCUT2D eigenvalue weighted by molar-refractivity contribution is 0.118. The van der Waals surface area contributed by atoms with Crippen LogP contribution in [0.15, 0.2) is 0 Å². The molecule has 1 atom stereocenters. The third-order valence-electron chi connectivity index (χ3n) is 3.43. The van der Waals surface area contributed by atoms with Gasteiger partial charge < -0.3 is 15.0 Å². The molecule has 0 aromatic rings. The summed E-state index contributed by atoms with van der Waals surface area (Å²) in [5, 5.41) is 3.31. The minimum Gasteiger partial charge on any atom is -0.381 e. The number of nitrogens with zero attached hydrogens (tertiary/aromatic N) is 1. The number of ether oxygens (including phenoxy) is 1. The fourth-order valence-electron chi connectivity index (χ4n) is 2.47. The van der Waals surface area contributed by atoms with Crippen LogP contribution in [0.4, 0.5) is 0 Å². The second kappa shape index (κ2) is 6.58. The maximum Gasteiger partial charge on any atom is 0.0547 e. The Kier molecular flexibility index (Phi) is 5.73. The lowest BCUT2D eigenvalue weighted by Gasteiger charge is -2.32. The third-order valence-corrected chi connectivity index (χ3v) is 3.43. The van der Waals surface area contributed by atoms with Crippen molar-refractivity contribution in [1.29, 1.82) is 0 Å². The molecule has 0 spiro atoms. The Morgan fingerprint density at radius 1 is 1.44 bits per heavy atom. The average molecular weight is 228 g/mol. The highest BCUT2D eigenvalue weighted by atomic mass is 16.5. The van der Waals surface area contributed by atoms with Crippen molar-refractivity contribution < 1.29 is 4.74 Å². The van der Waals surface area contributed by atoms with Gasteiger partial charge in [0, 0.05) is 25.1 Å². The Bertz CT molecular complexity index is 188. The van der Waals surface area contributed by atoms with Gasteiger partial charge in [0.25, 0.3) is 0 Å². The van der Waals surface area contributed by atoms with Gasteiger partial charge in [-0.25, -0.2) is 0 Å². The molecule has 1 N–H and O–H groups in total. The van der Waals surface area contributed by atoms with E-state index in [0.717, 1.165) is 32.2 Å². The SMILES string of the molecule is CNCC1(CN(C)CCC(C)C)CCOC1. The van der Waals surface area contributed by atoms with Crippen LogP contribution in [-0.2, 0) is 4.74 Å². The van der Waals surface area contributed by atoms with E-state index in [1.807, 2.05) is 7.05 Å².